The molecule has 1 aromatic rings. The minimum Gasteiger partial charge on any atom is -0.507 e. The Bertz CT molecular complexity index is 576. The lowest BCUT2D eigenvalue weighted by Crippen LogP contribution is -1.99. The molecule has 0 amide bonds. The van der Waals surface area contributed by atoms with E-state index >= 15 is 0 Å². The fraction of sp³-hybridized carbons (Fsp3) is 0.389. The van der Waals surface area contributed by atoms with Gasteiger partial charge < -0.3 is 10.2 Å². The molecule has 0 saturated heterocycles. The summed E-state index contributed by atoms with van der Waals surface area (Å²) in [4.78, 5) is 11.6. The van der Waals surface area contributed by atoms with E-state index < -0.39 is 0 Å². The zero-order chi connectivity index (χ0) is 16.0. The molecule has 0 unspecified atom stereocenters. The Morgan fingerprint density at radius 2 is 1.57 bits per heavy atom. The first-order valence-corrected chi connectivity index (χ1v) is 7.10. The fourth-order valence-electron chi connectivity index (χ4n) is 1.94. The molecule has 0 saturated carbocycles. The van der Waals surface area contributed by atoms with Crippen molar-refractivity contribution in [3.8, 4) is 5.75 Å². The average molecular weight is 288 g/mol. The largest absolute Gasteiger partial charge is 0.507 e. The van der Waals surface area contributed by atoms with Crippen LogP contribution in [0.5, 0.6) is 5.75 Å². The molecule has 0 spiro atoms. The first kappa shape index (κ1) is 17.2. The highest BCUT2D eigenvalue weighted by atomic mass is 16.3. The van der Waals surface area contributed by atoms with Crippen molar-refractivity contribution in [2.24, 2.45) is 0 Å². The number of rotatable bonds is 6. The van der Waals surface area contributed by atoms with Crippen molar-refractivity contribution in [1.82, 2.24) is 0 Å². The third kappa shape index (κ3) is 5.20. The lowest BCUT2D eigenvalue weighted by atomic mass is 9.97. The van der Waals surface area contributed by atoms with Gasteiger partial charge >= 0.3 is 0 Å². The normalized spacial score (nSPS) is 11.4. The summed E-state index contributed by atoms with van der Waals surface area (Å²) in [6, 6.07) is 3.48. The van der Waals surface area contributed by atoms with Gasteiger partial charge in [0.15, 0.2) is 5.78 Å². The topological polar surface area (TPSA) is 57.5 Å². The SMILES string of the molecule is CC(=O)c1cc(CC=C(C)C)c(O)c(C/C=C(\C)CO)c1. The van der Waals surface area contributed by atoms with Crippen LogP contribution in [0.15, 0.2) is 35.4 Å². The molecule has 114 valence electrons. The van der Waals surface area contributed by atoms with Gasteiger partial charge in [0.05, 0.1) is 6.61 Å². The molecule has 3 nitrogen and oxygen atoms in total. The highest BCUT2D eigenvalue weighted by Crippen LogP contribution is 2.27. The van der Waals surface area contributed by atoms with Crippen LogP contribution in [-0.4, -0.2) is 22.6 Å². The minimum absolute atomic E-state index is 0.00220. The first-order valence-electron chi connectivity index (χ1n) is 7.10. The lowest BCUT2D eigenvalue weighted by Gasteiger charge is -2.10. The number of hydrogen-bond acceptors (Lipinski definition) is 3. The Morgan fingerprint density at radius 3 is 2.00 bits per heavy atom. The van der Waals surface area contributed by atoms with E-state index in [9.17, 15) is 9.90 Å². The molecule has 0 aliphatic rings. The molecule has 0 aliphatic carbocycles. The molecule has 0 radical (unpaired) electrons. The Morgan fingerprint density at radius 1 is 1.05 bits per heavy atom. The van der Waals surface area contributed by atoms with Gasteiger partial charge in [-0.1, -0.05) is 23.3 Å². The molecular formula is C18H24O3. The maximum Gasteiger partial charge on any atom is 0.159 e. The van der Waals surface area contributed by atoms with Crippen molar-refractivity contribution in [1.29, 1.82) is 0 Å². The van der Waals surface area contributed by atoms with Gasteiger partial charge in [-0.15, -0.1) is 0 Å². The molecule has 0 heterocycles. The molecule has 0 atom stereocenters. The summed E-state index contributed by atoms with van der Waals surface area (Å²) in [7, 11) is 0. The molecule has 3 heteroatoms. The van der Waals surface area contributed by atoms with Crippen LogP contribution in [0.4, 0.5) is 0 Å². The van der Waals surface area contributed by atoms with Crippen LogP contribution in [0.1, 0.15) is 49.2 Å². The van der Waals surface area contributed by atoms with Crippen molar-refractivity contribution in [2.45, 2.75) is 40.5 Å². The predicted molar refractivity (Wildman–Crippen MR) is 85.8 cm³/mol. The van der Waals surface area contributed by atoms with Crippen LogP contribution in [-0.2, 0) is 12.8 Å². The number of phenols is 1. The van der Waals surface area contributed by atoms with Gasteiger partial charge in [-0.05, 0) is 63.8 Å². The molecule has 21 heavy (non-hydrogen) atoms. The lowest BCUT2D eigenvalue weighted by molar-refractivity contribution is 0.101. The van der Waals surface area contributed by atoms with Crippen LogP contribution < -0.4 is 0 Å². The first-order chi connectivity index (χ1) is 9.85. The van der Waals surface area contributed by atoms with Crippen LogP contribution in [0, 0.1) is 0 Å². The monoisotopic (exact) mass is 288 g/mol. The third-order valence-electron chi connectivity index (χ3n) is 3.32. The minimum atomic E-state index is -0.0161. The highest BCUT2D eigenvalue weighted by Gasteiger charge is 2.11. The zero-order valence-electron chi connectivity index (χ0n) is 13.2. The van der Waals surface area contributed by atoms with Gasteiger partial charge in [0.2, 0.25) is 0 Å². The number of hydrogen-bond donors (Lipinski definition) is 2. The summed E-state index contributed by atoms with van der Waals surface area (Å²) in [6.07, 6.45) is 4.99. The Kier molecular flexibility index (Phi) is 6.38. The quantitative estimate of drug-likeness (QED) is 0.621. The van der Waals surface area contributed by atoms with Crippen molar-refractivity contribution >= 4 is 5.78 Å². The molecule has 2 N–H and O–H groups in total. The van der Waals surface area contributed by atoms with Gasteiger partial charge in [0.1, 0.15) is 5.75 Å². The van der Waals surface area contributed by atoms with Gasteiger partial charge in [-0.25, -0.2) is 0 Å². The van der Waals surface area contributed by atoms with E-state index in [1.165, 1.54) is 12.5 Å². The summed E-state index contributed by atoms with van der Waals surface area (Å²) >= 11 is 0. The number of ketones is 1. The van der Waals surface area contributed by atoms with Crippen molar-refractivity contribution in [3.05, 3.63) is 52.1 Å². The number of aromatic hydroxyl groups is 1. The molecule has 1 rings (SSSR count). The van der Waals surface area contributed by atoms with Crippen LogP contribution in [0.3, 0.4) is 0 Å². The van der Waals surface area contributed by atoms with Gasteiger partial charge in [-0.2, -0.15) is 0 Å². The Balaban J connectivity index is 3.22. The van der Waals surface area contributed by atoms with E-state index in [0.29, 0.717) is 24.0 Å². The van der Waals surface area contributed by atoms with E-state index in [0.717, 1.165) is 11.1 Å². The predicted octanol–water partition coefficient (Wildman–Crippen LogP) is 3.58. The van der Waals surface area contributed by atoms with E-state index in [4.69, 9.17) is 5.11 Å². The summed E-state index contributed by atoms with van der Waals surface area (Å²) < 4.78 is 0. The number of Topliss-reactive ketones (excluding diaryl/α,β-unsaturated/α-hetero) is 1. The number of carbonyl (C=O) groups is 1. The number of carbonyl (C=O) groups excluding carboxylic acids is 1. The molecule has 0 fully saturated rings. The molecule has 0 aliphatic heterocycles. The number of allylic oxidation sites excluding steroid dienone is 3. The second-order valence-corrected chi connectivity index (χ2v) is 5.60. The van der Waals surface area contributed by atoms with Crippen molar-refractivity contribution in [2.75, 3.05) is 6.61 Å². The summed E-state index contributed by atoms with van der Waals surface area (Å²) in [5.74, 6) is 0.219. The van der Waals surface area contributed by atoms with Gasteiger partial charge in [0, 0.05) is 5.56 Å². The van der Waals surface area contributed by atoms with Crippen LogP contribution >= 0.6 is 0 Å². The van der Waals surface area contributed by atoms with Gasteiger partial charge in [0.25, 0.3) is 0 Å². The van der Waals surface area contributed by atoms with E-state index in [-0.39, 0.29) is 18.1 Å². The van der Waals surface area contributed by atoms with Crippen molar-refractivity contribution in [3.63, 3.8) is 0 Å². The highest BCUT2D eigenvalue weighted by molar-refractivity contribution is 5.94. The average Bonchev–Trinajstić information content (AvgIpc) is 2.43. The number of aliphatic hydroxyl groups is 1. The number of aliphatic hydroxyl groups excluding tert-OH is 1. The summed E-state index contributed by atoms with van der Waals surface area (Å²) in [5, 5.41) is 19.4. The maximum atomic E-state index is 11.6. The second kappa shape index (κ2) is 7.79. The molecule has 1 aromatic carbocycles. The third-order valence-corrected chi connectivity index (χ3v) is 3.32. The maximum absolute atomic E-state index is 11.6. The van der Waals surface area contributed by atoms with E-state index in [1.807, 2.05) is 32.9 Å². The van der Waals surface area contributed by atoms with E-state index in [1.54, 1.807) is 12.1 Å². The van der Waals surface area contributed by atoms with Crippen LogP contribution in [0.25, 0.3) is 0 Å². The second-order valence-electron chi connectivity index (χ2n) is 5.60. The molecule has 0 bridgehead atoms. The van der Waals surface area contributed by atoms with Crippen molar-refractivity contribution < 1.29 is 15.0 Å². The van der Waals surface area contributed by atoms with E-state index in [2.05, 4.69) is 0 Å². The molecule has 0 aromatic heterocycles. The fourth-order valence-corrected chi connectivity index (χ4v) is 1.94. The summed E-state index contributed by atoms with van der Waals surface area (Å²) in [5.41, 5.74) is 4.09. The Labute approximate surface area is 126 Å². The van der Waals surface area contributed by atoms with Gasteiger partial charge in [-0.3, -0.25) is 4.79 Å². The number of benzene rings is 1. The molecular weight excluding hydrogens is 264 g/mol. The standard InChI is InChI=1S/C18H24O3/c1-12(2)5-7-15-9-17(14(4)20)10-16(18(15)21)8-6-13(3)11-19/h5-6,9-10,19,21H,7-8,11H2,1-4H3/b13-6+. The zero-order valence-corrected chi connectivity index (χ0v) is 13.2. The Hall–Kier alpha value is -1.87. The smallest absolute Gasteiger partial charge is 0.159 e. The van der Waals surface area contributed by atoms with Crippen LogP contribution in [0.2, 0.25) is 0 Å². The number of phenolic OH excluding ortho intramolecular Hbond substituents is 1. The summed E-state index contributed by atoms with van der Waals surface area (Å²) in [6.45, 7) is 7.35.